The van der Waals surface area contributed by atoms with Crippen LogP contribution in [0.15, 0.2) is 24.3 Å². The molecule has 100 valence electrons. The monoisotopic (exact) mass is 252 g/mol. The second kappa shape index (κ2) is 8.53. The average Bonchev–Trinajstić information content (AvgIpc) is 2.38. The molecule has 0 N–H and O–H groups in total. The number of carbonyl (C=O) groups is 1. The average molecular weight is 252 g/mol. The van der Waals surface area contributed by atoms with E-state index in [4.69, 9.17) is 14.2 Å². The first kappa shape index (κ1) is 14.5. The first-order valence-electron chi connectivity index (χ1n) is 6.12. The summed E-state index contributed by atoms with van der Waals surface area (Å²) in [5.74, 6) is 0.537. The molecule has 0 spiro atoms. The molecule has 0 aliphatic rings. The van der Waals surface area contributed by atoms with Crippen molar-refractivity contribution in [2.24, 2.45) is 0 Å². The first-order chi connectivity index (χ1) is 8.76. The van der Waals surface area contributed by atoms with Crippen molar-refractivity contribution in [2.45, 2.75) is 19.8 Å². The Balaban J connectivity index is 2.28. The fraction of sp³-hybridized carbons (Fsp3) is 0.500. The molecule has 0 aliphatic heterocycles. The van der Waals surface area contributed by atoms with Crippen LogP contribution in [0.4, 0.5) is 0 Å². The van der Waals surface area contributed by atoms with Crippen molar-refractivity contribution < 1.29 is 19.0 Å². The summed E-state index contributed by atoms with van der Waals surface area (Å²) in [7, 11) is 1.69. The van der Waals surface area contributed by atoms with E-state index >= 15 is 0 Å². The van der Waals surface area contributed by atoms with Gasteiger partial charge in [-0.3, -0.25) is 4.79 Å². The molecule has 4 nitrogen and oxygen atoms in total. The molecule has 0 aliphatic carbocycles. The van der Waals surface area contributed by atoms with Gasteiger partial charge in [0.25, 0.3) is 0 Å². The van der Waals surface area contributed by atoms with Crippen molar-refractivity contribution in [3.8, 4) is 5.75 Å². The van der Waals surface area contributed by atoms with Crippen LogP contribution in [-0.2, 0) is 20.7 Å². The maximum absolute atomic E-state index is 11.1. The largest absolute Gasteiger partial charge is 0.493 e. The van der Waals surface area contributed by atoms with Gasteiger partial charge in [0, 0.05) is 7.11 Å². The lowest BCUT2D eigenvalue weighted by molar-refractivity contribution is -0.143. The summed E-state index contributed by atoms with van der Waals surface area (Å²) >= 11 is 0. The van der Waals surface area contributed by atoms with Gasteiger partial charge in [-0.1, -0.05) is 12.1 Å². The summed E-state index contributed by atoms with van der Waals surface area (Å²) in [6.07, 6.45) is 1.17. The third kappa shape index (κ3) is 5.68. The van der Waals surface area contributed by atoms with Crippen LogP contribution in [0.25, 0.3) is 0 Å². The van der Waals surface area contributed by atoms with E-state index in [0.717, 1.165) is 12.2 Å². The van der Waals surface area contributed by atoms with Crippen molar-refractivity contribution in [1.29, 1.82) is 0 Å². The molecular weight excluding hydrogens is 232 g/mol. The first-order valence-corrected chi connectivity index (χ1v) is 6.12. The second-order valence-corrected chi connectivity index (χ2v) is 3.79. The minimum absolute atomic E-state index is 0.228. The molecule has 4 heteroatoms. The zero-order chi connectivity index (χ0) is 13.2. The summed E-state index contributed by atoms with van der Waals surface area (Å²) in [5.41, 5.74) is 1.20. The van der Waals surface area contributed by atoms with E-state index in [0.29, 0.717) is 19.8 Å². The minimum Gasteiger partial charge on any atom is -0.493 e. The molecule has 0 unspecified atom stereocenters. The molecular formula is C14H20O4. The summed E-state index contributed by atoms with van der Waals surface area (Å²) < 4.78 is 15.3. The molecule has 0 saturated heterocycles. The fourth-order valence-electron chi connectivity index (χ4n) is 1.46. The topological polar surface area (TPSA) is 44.8 Å². The lowest BCUT2D eigenvalue weighted by Gasteiger charge is -2.07. The van der Waals surface area contributed by atoms with Gasteiger partial charge in [0.2, 0.25) is 0 Å². The Morgan fingerprint density at radius 3 is 2.50 bits per heavy atom. The Kier molecular flexibility index (Phi) is 6.87. The van der Waals surface area contributed by atoms with Gasteiger partial charge in [-0.15, -0.1) is 0 Å². The van der Waals surface area contributed by atoms with Crippen molar-refractivity contribution >= 4 is 5.97 Å². The highest BCUT2D eigenvalue weighted by atomic mass is 16.5. The Morgan fingerprint density at radius 2 is 1.89 bits per heavy atom. The maximum atomic E-state index is 11.1. The van der Waals surface area contributed by atoms with E-state index in [2.05, 4.69) is 0 Å². The number of hydrogen-bond donors (Lipinski definition) is 0. The molecule has 1 rings (SSSR count). The number of esters is 1. The molecule has 18 heavy (non-hydrogen) atoms. The zero-order valence-corrected chi connectivity index (χ0v) is 11.0. The molecule has 0 bridgehead atoms. The SMILES string of the molecule is CCOC(=O)CCOc1ccc(CCOC)cc1. The van der Waals surface area contributed by atoms with Crippen LogP contribution >= 0.6 is 0 Å². The Labute approximate surface area is 108 Å². The third-order valence-corrected chi connectivity index (χ3v) is 2.40. The standard InChI is InChI=1S/C14H20O4/c1-3-17-14(15)9-11-18-13-6-4-12(5-7-13)8-10-16-2/h4-7H,3,8-11H2,1-2H3. The predicted octanol–water partition coefficient (Wildman–Crippen LogP) is 2.21. The van der Waals surface area contributed by atoms with Gasteiger partial charge in [-0.05, 0) is 31.0 Å². The molecule has 0 atom stereocenters. The normalized spacial score (nSPS) is 10.1. The van der Waals surface area contributed by atoms with Crippen LogP contribution in [0, 0.1) is 0 Å². The summed E-state index contributed by atoms with van der Waals surface area (Å²) in [5, 5.41) is 0. The number of rotatable bonds is 8. The van der Waals surface area contributed by atoms with Gasteiger partial charge in [-0.2, -0.15) is 0 Å². The van der Waals surface area contributed by atoms with Crippen molar-refractivity contribution in [1.82, 2.24) is 0 Å². The highest BCUT2D eigenvalue weighted by Gasteiger charge is 2.02. The fourth-order valence-corrected chi connectivity index (χ4v) is 1.46. The number of benzene rings is 1. The molecule has 0 radical (unpaired) electrons. The number of hydrogen-bond acceptors (Lipinski definition) is 4. The number of methoxy groups -OCH3 is 1. The van der Waals surface area contributed by atoms with Gasteiger partial charge >= 0.3 is 5.97 Å². The Morgan fingerprint density at radius 1 is 1.17 bits per heavy atom. The lowest BCUT2D eigenvalue weighted by atomic mass is 10.1. The van der Waals surface area contributed by atoms with Gasteiger partial charge in [0.05, 0.1) is 26.2 Å². The minimum atomic E-state index is -0.228. The van der Waals surface area contributed by atoms with Gasteiger partial charge in [0.1, 0.15) is 5.75 Å². The van der Waals surface area contributed by atoms with Crippen LogP contribution in [0.5, 0.6) is 5.75 Å². The van der Waals surface area contributed by atoms with E-state index < -0.39 is 0 Å². The van der Waals surface area contributed by atoms with E-state index in [1.54, 1.807) is 14.0 Å². The quantitative estimate of drug-likeness (QED) is 0.665. The predicted molar refractivity (Wildman–Crippen MR) is 68.8 cm³/mol. The molecule has 0 saturated carbocycles. The van der Waals surface area contributed by atoms with E-state index in [9.17, 15) is 4.79 Å². The van der Waals surface area contributed by atoms with Crippen LogP contribution in [0.3, 0.4) is 0 Å². The highest BCUT2D eigenvalue weighted by molar-refractivity contribution is 5.69. The Bertz CT molecular complexity index is 345. The van der Waals surface area contributed by atoms with Crippen LogP contribution in [-0.4, -0.2) is 32.9 Å². The van der Waals surface area contributed by atoms with Crippen LogP contribution < -0.4 is 4.74 Å². The van der Waals surface area contributed by atoms with Crippen molar-refractivity contribution in [2.75, 3.05) is 26.9 Å². The van der Waals surface area contributed by atoms with Crippen molar-refractivity contribution in [3.05, 3.63) is 29.8 Å². The van der Waals surface area contributed by atoms with Gasteiger partial charge in [-0.25, -0.2) is 0 Å². The molecule has 1 aromatic rings. The molecule has 0 amide bonds. The molecule has 0 heterocycles. The summed E-state index contributed by atoms with van der Waals surface area (Å²) in [6.45, 7) is 3.25. The zero-order valence-electron chi connectivity index (χ0n) is 11.0. The van der Waals surface area contributed by atoms with Crippen LogP contribution in [0.1, 0.15) is 18.9 Å². The lowest BCUT2D eigenvalue weighted by Crippen LogP contribution is -2.09. The number of ether oxygens (including phenoxy) is 3. The maximum Gasteiger partial charge on any atom is 0.309 e. The van der Waals surface area contributed by atoms with E-state index in [-0.39, 0.29) is 12.4 Å². The highest BCUT2D eigenvalue weighted by Crippen LogP contribution is 2.12. The second-order valence-electron chi connectivity index (χ2n) is 3.79. The molecule has 0 aromatic heterocycles. The summed E-state index contributed by atoms with van der Waals surface area (Å²) in [4.78, 5) is 11.1. The Hall–Kier alpha value is -1.55. The number of carbonyl (C=O) groups excluding carboxylic acids is 1. The smallest absolute Gasteiger partial charge is 0.309 e. The summed E-state index contributed by atoms with van der Waals surface area (Å²) in [6, 6.07) is 7.80. The van der Waals surface area contributed by atoms with E-state index in [1.165, 1.54) is 5.56 Å². The third-order valence-electron chi connectivity index (χ3n) is 2.40. The van der Waals surface area contributed by atoms with Gasteiger partial charge < -0.3 is 14.2 Å². The molecule has 1 aromatic carbocycles. The molecule has 0 fully saturated rings. The van der Waals surface area contributed by atoms with Crippen molar-refractivity contribution in [3.63, 3.8) is 0 Å². The van der Waals surface area contributed by atoms with Gasteiger partial charge in [0.15, 0.2) is 0 Å². The van der Waals surface area contributed by atoms with E-state index in [1.807, 2.05) is 24.3 Å². The van der Waals surface area contributed by atoms with Crippen LogP contribution in [0.2, 0.25) is 0 Å².